The lowest BCUT2D eigenvalue weighted by Gasteiger charge is -2.31. The Kier molecular flexibility index (Phi) is 5.35. The van der Waals surface area contributed by atoms with Gasteiger partial charge in [0.2, 0.25) is 0 Å². The van der Waals surface area contributed by atoms with Crippen molar-refractivity contribution in [1.82, 2.24) is 30.1 Å². The van der Waals surface area contributed by atoms with Gasteiger partial charge in [0.15, 0.2) is 5.82 Å². The second-order valence-electron chi connectivity index (χ2n) is 6.53. The van der Waals surface area contributed by atoms with Crippen LogP contribution in [0, 0.1) is 0 Å². The molecule has 1 aliphatic carbocycles. The second-order valence-corrected chi connectivity index (χ2v) is 7.70. The molecular weight excluding hydrogens is 340 g/mol. The van der Waals surface area contributed by atoms with Crippen LogP contribution in [0.1, 0.15) is 40.3 Å². The van der Waals surface area contributed by atoms with E-state index in [0.29, 0.717) is 19.8 Å². The summed E-state index contributed by atoms with van der Waals surface area (Å²) in [7, 11) is 1.68. The summed E-state index contributed by atoms with van der Waals surface area (Å²) in [6.07, 6.45) is 4.83. The number of ether oxygens (including phenoxy) is 2. The van der Waals surface area contributed by atoms with E-state index in [4.69, 9.17) is 14.5 Å². The first-order chi connectivity index (χ1) is 12.3. The lowest BCUT2D eigenvalue weighted by molar-refractivity contribution is -0.0397. The van der Waals surface area contributed by atoms with Crippen molar-refractivity contribution in [3.05, 3.63) is 21.4 Å². The van der Waals surface area contributed by atoms with Crippen LogP contribution in [0.5, 0.6) is 0 Å². The number of fused-ring (bicyclic) bond motifs is 1. The summed E-state index contributed by atoms with van der Waals surface area (Å²) in [5.41, 5.74) is 1.33. The van der Waals surface area contributed by atoms with E-state index in [1.807, 2.05) is 11.3 Å². The van der Waals surface area contributed by atoms with Crippen LogP contribution >= 0.6 is 11.3 Å². The van der Waals surface area contributed by atoms with Crippen LogP contribution in [0.2, 0.25) is 0 Å². The molecule has 4 rings (SSSR count). The molecule has 136 valence electrons. The number of thiazole rings is 1. The zero-order valence-electron chi connectivity index (χ0n) is 14.6. The molecular formula is C16H24N6O2S. The van der Waals surface area contributed by atoms with Crippen molar-refractivity contribution in [3.8, 4) is 0 Å². The Balaban J connectivity index is 1.41. The minimum Gasteiger partial charge on any atom is -0.383 e. The number of hydrogen-bond donors (Lipinski definition) is 0. The summed E-state index contributed by atoms with van der Waals surface area (Å²) >= 11 is 1.89. The quantitative estimate of drug-likeness (QED) is 0.763. The minimum atomic E-state index is -0.102. The molecule has 1 atom stereocenters. The van der Waals surface area contributed by atoms with Crippen molar-refractivity contribution < 1.29 is 9.47 Å². The third-order valence-electron chi connectivity index (χ3n) is 4.75. The summed E-state index contributed by atoms with van der Waals surface area (Å²) in [4.78, 5) is 8.76. The zero-order chi connectivity index (χ0) is 17.1. The SMILES string of the molecule is COCCn1nnnc1[C@H]1CN(Cc2nc3c(s2)CCCC3)CCO1. The molecule has 0 bridgehead atoms. The molecule has 0 spiro atoms. The second kappa shape index (κ2) is 7.86. The maximum absolute atomic E-state index is 5.93. The van der Waals surface area contributed by atoms with Crippen LogP contribution < -0.4 is 0 Å². The van der Waals surface area contributed by atoms with E-state index in [-0.39, 0.29) is 6.10 Å². The Bertz CT molecular complexity index is 679. The topological polar surface area (TPSA) is 78.2 Å². The number of aryl methyl sites for hydroxylation is 2. The third-order valence-corrected chi connectivity index (χ3v) is 5.90. The summed E-state index contributed by atoms with van der Waals surface area (Å²) in [5, 5.41) is 13.2. The summed E-state index contributed by atoms with van der Waals surface area (Å²) in [6.45, 7) is 4.50. The molecule has 2 aromatic heterocycles. The Morgan fingerprint density at radius 1 is 1.32 bits per heavy atom. The molecule has 9 heteroatoms. The van der Waals surface area contributed by atoms with Gasteiger partial charge in [0.25, 0.3) is 0 Å². The van der Waals surface area contributed by atoms with Gasteiger partial charge in [0.05, 0.1) is 32.0 Å². The maximum Gasteiger partial charge on any atom is 0.181 e. The molecule has 1 fully saturated rings. The predicted molar refractivity (Wildman–Crippen MR) is 92.4 cm³/mol. The monoisotopic (exact) mass is 364 g/mol. The lowest BCUT2D eigenvalue weighted by atomic mass is 10.0. The van der Waals surface area contributed by atoms with Gasteiger partial charge in [0.1, 0.15) is 11.1 Å². The van der Waals surface area contributed by atoms with Crippen molar-refractivity contribution in [2.45, 2.75) is 44.9 Å². The van der Waals surface area contributed by atoms with E-state index >= 15 is 0 Å². The molecule has 2 aliphatic rings. The molecule has 0 unspecified atom stereocenters. The van der Waals surface area contributed by atoms with Gasteiger partial charge in [-0.05, 0) is 36.1 Å². The zero-order valence-corrected chi connectivity index (χ0v) is 15.4. The standard InChI is InChI=1S/C16H24N6O2S/c1-23-8-7-22-16(18-19-20-22)13-10-21(6-9-24-13)11-15-17-12-4-2-3-5-14(12)25-15/h13H,2-11H2,1H3/t13-/m1/s1. The summed E-state index contributed by atoms with van der Waals surface area (Å²) in [6, 6.07) is 0. The van der Waals surface area contributed by atoms with E-state index in [9.17, 15) is 0 Å². The fourth-order valence-electron chi connectivity index (χ4n) is 3.45. The largest absolute Gasteiger partial charge is 0.383 e. The van der Waals surface area contributed by atoms with E-state index in [1.54, 1.807) is 11.8 Å². The lowest BCUT2D eigenvalue weighted by Crippen LogP contribution is -2.39. The number of nitrogens with zero attached hydrogens (tertiary/aromatic N) is 6. The molecule has 0 aromatic carbocycles. The number of tetrazole rings is 1. The molecule has 8 nitrogen and oxygen atoms in total. The Morgan fingerprint density at radius 3 is 3.12 bits per heavy atom. The van der Waals surface area contributed by atoms with E-state index in [2.05, 4.69) is 20.4 Å². The van der Waals surface area contributed by atoms with E-state index in [0.717, 1.165) is 31.9 Å². The van der Waals surface area contributed by atoms with Crippen LogP contribution in [-0.2, 0) is 35.4 Å². The van der Waals surface area contributed by atoms with Crippen molar-refractivity contribution in [1.29, 1.82) is 0 Å². The highest BCUT2D eigenvalue weighted by Crippen LogP contribution is 2.28. The normalized spacial score (nSPS) is 21.4. The fraction of sp³-hybridized carbons (Fsp3) is 0.750. The first-order valence-electron chi connectivity index (χ1n) is 8.90. The van der Waals surface area contributed by atoms with Crippen molar-refractivity contribution in [3.63, 3.8) is 0 Å². The predicted octanol–water partition coefficient (Wildman–Crippen LogP) is 1.23. The number of rotatable bonds is 6. The Hall–Kier alpha value is -1.42. The first-order valence-corrected chi connectivity index (χ1v) is 9.71. The smallest absolute Gasteiger partial charge is 0.181 e. The van der Waals surface area contributed by atoms with Gasteiger partial charge < -0.3 is 9.47 Å². The molecule has 1 aliphatic heterocycles. The molecule has 0 N–H and O–H groups in total. The van der Waals surface area contributed by atoms with Gasteiger partial charge >= 0.3 is 0 Å². The van der Waals surface area contributed by atoms with E-state index < -0.39 is 0 Å². The highest BCUT2D eigenvalue weighted by atomic mass is 32.1. The van der Waals surface area contributed by atoms with E-state index in [1.165, 1.54) is 34.8 Å². The summed E-state index contributed by atoms with van der Waals surface area (Å²) < 4.78 is 12.8. The van der Waals surface area contributed by atoms with Crippen LogP contribution in [-0.4, -0.2) is 63.5 Å². The van der Waals surface area contributed by atoms with Gasteiger partial charge in [-0.1, -0.05) is 0 Å². The van der Waals surface area contributed by atoms with Crippen LogP contribution in [0.15, 0.2) is 0 Å². The molecule has 3 heterocycles. The first kappa shape index (κ1) is 17.0. The average molecular weight is 364 g/mol. The highest BCUT2D eigenvalue weighted by Gasteiger charge is 2.27. The molecule has 2 aromatic rings. The number of methoxy groups -OCH3 is 1. The number of aromatic nitrogens is 5. The van der Waals surface area contributed by atoms with Crippen molar-refractivity contribution in [2.24, 2.45) is 0 Å². The van der Waals surface area contributed by atoms with Gasteiger partial charge in [0, 0.05) is 25.1 Å². The maximum atomic E-state index is 5.93. The Morgan fingerprint density at radius 2 is 2.24 bits per heavy atom. The van der Waals surface area contributed by atoms with Gasteiger partial charge in [-0.3, -0.25) is 4.90 Å². The molecule has 1 saturated heterocycles. The van der Waals surface area contributed by atoms with Crippen LogP contribution in [0.25, 0.3) is 0 Å². The van der Waals surface area contributed by atoms with Gasteiger partial charge in [-0.25, -0.2) is 9.67 Å². The fourth-order valence-corrected chi connectivity index (χ4v) is 4.65. The number of hydrogen-bond acceptors (Lipinski definition) is 8. The summed E-state index contributed by atoms with van der Waals surface area (Å²) in [5.74, 6) is 0.778. The average Bonchev–Trinajstić information content (AvgIpc) is 3.26. The van der Waals surface area contributed by atoms with Crippen molar-refractivity contribution >= 4 is 11.3 Å². The van der Waals surface area contributed by atoms with Crippen molar-refractivity contribution in [2.75, 3.05) is 33.4 Å². The molecule has 0 radical (unpaired) electrons. The number of morpholine rings is 1. The van der Waals surface area contributed by atoms with Crippen LogP contribution in [0.4, 0.5) is 0 Å². The van der Waals surface area contributed by atoms with Crippen LogP contribution in [0.3, 0.4) is 0 Å². The highest BCUT2D eigenvalue weighted by molar-refractivity contribution is 7.11. The third kappa shape index (κ3) is 3.89. The van der Waals surface area contributed by atoms with Gasteiger partial charge in [-0.15, -0.1) is 16.4 Å². The molecule has 0 amide bonds. The molecule has 25 heavy (non-hydrogen) atoms. The minimum absolute atomic E-state index is 0.102. The van der Waals surface area contributed by atoms with Gasteiger partial charge in [-0.2, -0.15) is 0 Å². The molecule has 0 saturated carbocycles. The Labute approximate surface area is 151 Å².